The number of nitrogens with zero attached hydrogens (tertiary/aromatic N) is 3. The highest BCUT2D eigenvalue weighted by Crippen LogP contribution is 2.17. The monoisotopic (exact) mass is 253 g/mol. The Kier molecular flexibility index (Phi) is 3.69. The Bertz CT molecular complexity index is 603. The third-order valence-corrected chi connectivity index (χ3v) is 2.49. The number of nitrogens with one attached hydrogen (secondary N) is 1. The van der Waals surface area contributed by atoms with E-state index in [2.05, 4.69) is 15.5 Å². The number of benzene rings is 1. The minimum atomic E-state index is -0.691. The van der Waals surface area contributed by atoms with Crippen molar-refractivity contribution in [2.75, 3.05) is 5.32 Å². The van der Waals surface area contributed by atoms with Crippen LogP contribution in [0.3, 0.4) is 0 Å². The van der Waals surface area contributed by atoms with Crippen LogP contribution in [0.4, 0.5) is 5.82 Å². The van der Waals surface area contributed by atoms with Gasteiger partial charge in [-0.15, -0.1) is 10.2 Å². The average Bonchev–Trinajstić information content (AvgIpc) is 2.46. The first-order chi connectivity index (χ1) is 9.20. The molecular formula is C13H11N5O. The average molecular weight is 253 g/mol. The van der Waals surface area contributed by atoms with Crippen LogP contribution in [0, 0.1) is 11.3 Å². The Labute approximate surface area is 109 Å². The summed E-state index contributed by atoms with van der Waals surface area (Å²) in [5.41, 5.74) is 6.32. The number of anilines is 1. The Hall–Kier alpha value is -2.94. The standard InChI is InChI=1S/C13H11N5O/c14-8-10-6-7-11(18-17-10)16-12(13(15)19)9-4-2-1-3-5-9/h1-7,12H,(H2,15,19)(H,16,18). The number of nitrogens with two attached hydrogens (primary N) is 1. The zero-order valence-electron chi connectivity index (χ0n) is 9.95. The Morgan fingerprint density at radius 3 is 2.47 bits per heavy atom. The van der Waals surface area contributed by atoms with Gasteiger partial charge in [0.2, 0.25) is 5.91 Å². The summed E-state index contributed by atoms with van der Waals surface area (Å²) in [5, 5.41) is 19.0. The molecule has 0 saturated carbocycles. The van der Waals surface area contributed by atoms with Crippen LogP contribution < -0.4 is 11.1 Å². The Morgan fingerprint density at radius 2 is 1.95 bits per heavy atom. The fourth-order valence-electron chi connectivity index (χ4n) is 1.58. The number of aromatic nitrogens is 2. The fourth-order valence-corrected chi connectivity index (χ4v) is 1.58. The minimum Gasteiger partial charge on any atom is -0.368 e. The second-order valence-electron chi connectivity index (χ2n) is 3.81. The van der Waals surface area contributed by atoms with Crippen molar-refractivity contribution in [2.24, 2.45) is 5.73 Å². The summed E-state index contributed by atoms with van der Waals surface area (Å²) in [5.74, 6) is -0.135. The maximum atomic E-state index is 11.5. The summed E-state index contributed by atoms with van der Waals surface area (Å²) in [6.07, 6.45) is 0. The Balaban J connectivity index is 2.22. The number of hydrogen-bond donors (Lipinski definition) is 2. The van der Waals surface area contributed by atoms with E-state index >= 15 is 0 Å². The van der Waals surface area contributed by atoms with Crippen LogP contribution in [-0.2, 0) is 4.79 Å². The molecule has 6 heteroatoms. The molecule has 1 aromatic heterocycles. The summed E-state index contributed by atoms with van der Waals surface area (Å²) in [7, 11) is 0. The highest BCUT2D eigenvalue weighted by molar-refractivity contribution is 5.84. The summed E-state index contributed by atoms with van der Waals surface area (Å²) in [6, 6.07) is 13.3. The van der Waals surface area contributed by atoms with E-state index < -0.39 is 11.9 Å². The number of carbonyl (C=O) groups is 1. The smallest absolute Gasteiger partial charge is 0.244 e. The molecule has 1 atom stereocenters. The lowest BCUT2D eigenvalue weighted by molar-refractivity contribution is -0.118. The van der Waals surface area contributed by atoms with Crippen LogP contribution in [-0.4, -0.2) is 16.1 Å². The maximum absolute atomic E-state index is 11.5. The van der Waals surface area contributed by atoms with Crippen molar-refractivity contribution >= 4 is 11.7 Å². The van der Waals surface area contributed by atoms with Gasteiger partial charge in [-0.3, -0.25) is 4.79 Å². The normalized spacial score (nSPS) is 11.3. The molecule has 2 aromatic rings. The summed E-state index contributed by atoms with van der Waals surface area (Å²) in [6.45, 7) is 0. The third-order valence-electron chi connectivity index (χ3n) is 2.49. The van der Waals surface area contributed by atoms with E-state index in [0.717, 1.165) is 5.56 Å². The van der Waals surface area contributed by atoms with Gasteiger partial charge in [0.1, 0.15) is 17.9 Å². The Morgan fingerprint density at radius 1 is 1.21 bits per heavy atom. The van der Waals surface area contributed by atoms with Crippen molar-refractivity contribution in [3.63, 3.8) is 0 Å². The summed E-state index contributed by atoms with van der Waals surface area (Å²) in [4.78, 5) is 11.5. The van der Waals surface area contributed by atoms with Crippen LogP contribution in [0.2, 0.25) is 0 Å². The number of primary amides is 1. The van der Waals surface area contributed by atoms with E-state index in [9.17, 15) is 4.79 Å². The number of carbonyl (C=O) groups excluding carboxylic acids is 1. The van der Waals surface area contributed by atoms with Crippen molar-refractivity contribution in [2.45, 2.75) is 6.04 Å². The molecule has 0 radical (unpaired) electrons. The minimum absolute atomic E-state index is 0.209. The first kappa shape index (κ1) is 12.5. The zero-order chi connectivity index (χ0) is 13.7. The fraction of sp³-hybridized carbons (Fsp3) is 0.0769. The lowest BCUT2D eigenvalue weighted by Gasteiger charge is -2.15. The van der Waals surface area contributed by atoms with Gasteiger partial charge in [-0.2, -0.15) is 5.26 Å². The van der Waals surface area contributed by atoms with Crippen LogP contribution in [0.5, 0.6) is 0 Å². The molecule has 94 valence electrons. The van der Waals surface area contributed by atoms with E-state index in [4.69, 9.17) is 11.0 Å². The highest BCUT2D eigenvalue weighted by atomic mass is 16.1. The predicted octanol–water partition coefficient (Wildman–Crippen LogP) is 0.987. The highest BCUT2D eigenvalue weighted by Gasteiger charge is 2.17. The third kappa shape index (κ3) is 3.04. The molecule has 1 unspecified atom stereocenters. The first-order valence-corrected chi connectivity index (χ1v) is 5.55. The van der Waals surface area contributed by atoms with Gasteiger partial charge in [0.05, 0.1) is 0 Å². The van der Waals surface area contributed by atoms with Gasteiger partial charge in [0.15, 0.2) is 5.69 Å². The van der Waals surface area contributed by atoms with Crippen molar-refractivity contribution in [1.82, 2.24) is 10.2 Å². The second-order valence-corrected chi connectivity index (χ2v) is 3.81. The largest absolute Gasteiger partial charge is 0.368 e. The molecule has 1 aromatic carbocycles. The van der Waals surface area contributed by atoms with Crippen LogP contribution in [0.25, 0.3) is 0 Å². The molecule has 0 fully saturated rings. The molecule has 19 heavy (non-hydrogen) atoms. The molecule has 2 rings (SSSR count). The van der Waals surface area contributed by atoms with Gasteiger partial charge in [-0.1, -0.05) is 30.3 Å². The van der Waals surface area contributed by atoms with E-state index in [1.165, 1.54) is 6.07 Å². The maximum Gasteiger partial charge on any atom is 0.244 e. The second kappa shape index (κ2) is 5.60. The van der Waals surface area contributed by atoms with Gasteiger partial charge < -0.3 is 11.1 Å². The summed E-state index contributed by atoms with van der Waals surface area (Å²) >= 11 is 0. The van der Waals surface area contributed by atoms with Crippen LogP contribution >= 0.6 is 0 Å². The van der Waals surface area contributed by atoms with Crippen molar-refractivity contribution in [3.05, 3.63) is 53.7 Å². The first-order valence-electron chi connectivity index (χ1n) is 5.55. The molecule has 0 spiro atoms. The molecule has 3 N–H and O–H groups in total. The molecule has 0 aliphatic heterocycles. The molecular weight excluding hydrogens is 242 g/mol. The lowest BCUT2D eigenvalue weighted by Crippen LogP contribution is -2.28. The molecule has 6 nitrogen and oxygen atoms in total. The van der Waals surface area contributed by atoms with Gasteiger partial charge in [-0.05, 0) is 17.7 Å². The molecule has 0 aliphatic rings. The number of rotatable bonds is 4. The molecule has 0 saturated heterocycles. The number of nitriles is 1. The van der Waals surface area contributed by atoms with Gasteiger partial charge in [-0.25, -0.2) is 0 Å². The topological polar surface area (TPSA) is 105 Å². The van der Waals surface area contributed by atoms with Crippen molar-refractivity contribution in [3.8, 4) is 6.07 Å². The van der Waals surface area contributed by atoms with Gasteiger partial charge in [0, 0.05) is 0 Å². The number of amides is 1. The van der Waals surface area contributed by atoms with E-state index in [0.29, 0.717) is 5.82 Å². The van der Waals surface area contributed by atoms with Crippen LogP contribution in [0.1, 0.15) is 17.3 Å². The molecule has 0 aliphatic carbocycles. The van der Waals surface area contributed by atoms with Crippen LogP contribution in [0.15, 0.2) is 42.5 Å². The van der Waals surface area contributed by atoms with Crippen molar-refractivity contribution < 1.29 is 4.79 Å². The predicted molar refractivity (Wildman–Crippen MR) is 68.7 cm³/mol. The molecule has 1 heterocycles. The van der Waals surface area contributed by atoms with E-state index in [-0.39, 0.29) is 5.69 Å². The van der Waals surface area contributed by atoms with Gasteiger partial charge in [0.25, 0.3) is 0 Å². The summed E-state index contributed by atoms with van der Waals surface area (Å²) < 4.78 is 0. The number of hydrogen-bond acceptors (Lipinski definition) is 5. The SMILES string of the molecule is N#Cc1ccc(NC(C(N)=O)c2ccccc2)nn1. The van der Waals surface area contributed by atoms with E-state index in [1.54, 1.807) is 18.2 Å². The van der Waals surface area contributed by atoms with Crippen molar-refractivity contribution in [1.29, 1.82) is 5.26 Å². The zero-order valence-corrected chi connectivity index (χ0v) is 9.95. The molecule has 1 amide bonds. The van der Waals surface area contributed by atoms with E-state index in [1.807, 2.05) is 24.3 Å². The molecule has 0 bridgehead atoms. The lowest BCUT2D eigenvalue weighted by atomic mass is 10.1. The van der Waals surface area contributed by atoms with Gasteiger partial charge >= 0.3 is 0 Å². The quantitative estimate of drug-likeness (QED) is 0.845.